The lowest BCUT2D eigenvalue weighted by molar-refractivity contribution is -0.115. The first-order valence-electron chi connectivity index (χ1n) is 5.50. The molecule has 84 valence electrons. The van der Waals surface area contributed by atoms with Crippen molar-refractivity contribution in [2.75, 3.05) is 13.1 Å². The van der Waals surface area contributed by atoms with Gasteiger partial charge in [0.2, 0.25) is 5.91 Å². The second-order valence-electron chi connectivity index (χ2n) is 3.95. The van der Waals surface area contributed by atoms with Gasteiger partial charge in [-0.1, -0.05) is 18.7 Å². The van der Waals surface area contributed by atoms with E-state index >= 15 is 0 Å². The average Bonchev–Trinajstić information content (AvgIpc) is 2.71. The van der Waals surface area contributed by atoms with Crippen LogP contribution in [0.2, 0.25) is 0 Å². The summed E-state index contributed by atoms with van der Waals surface area (Å²) in [5.74, 6) is -0.378. The molecule has 1 saturated heterocycles. The smallest absolute Gasteiger partial charge is 0.245 e. The van der Waals surface area contributed by atoms with E-state index in [1.807, 2.05) is 13.0 Å². The third kappa shape index (κ3) is 3.20. The number of likely N-dealkylation sites (tertiary alicyclic amines) is 1. The summed E-state index contributed by atoms with van der Waals surface area (Å²) >= 11 is 0. The molecule has 1 heterocycles. The van der Waals surface area contributed by atoms with Gasteiger partial charge in [0.15, 0.2) is 0 Å². The normalized spacial score (nSPS) is 19.5. The van der Waals surface area contributed by atoms with Crippen LogP contribution < -0.4 is 5.73 Å². The summed E-state index contributed by atoms with van der Waals surface area (Å²) in [6.45, 7) is 7.88. The van der Waals surface area contributed by atoms with Crippen LogP contribution >= 0.6 is 0 Å². The third-order valence-electron chi connectivity index (χ3n) is 2.90. The fourth-order valence-corrected chi connectivity index (χ4v) is 1.99. The van der Waals surface area contributed by atoms with Gasteiger partial charge in [-0.2, -0.15) is 0 Å². The minimum Gasteiger partial charge on any atom is -0.366 e. The van der Waals surface area contributed by atoms with Crippen LogP contribution in [0, 0.1) is 0 Å². The zero-order chi connectivity index (χ0) is 11.3. The van der Waals surface area contributed by atoms with Crippen molar-refractivity contribution in [1.29, 1.82) is 0 Å². The van der Waals surface area contributed by atoms with Gasteiger partial charge >= 0.3 is 0 Å². The van der Waals surface area contributed by atoms with E-state index in [-0.39, 0.29) is 11.9 Å². The molecule has 0 bridgehead atoms. The average molecular weight is 208 g/mol. The summed E-state index contributed by atoms with van der Waals surface area (Å²) < 4.78 is 0. The number of primary amides is 1. The van der Waals surface area contributed by atoms with Crippen LogP contribution in [0.25, 0.3) is 0 Å². The van der Waals surface area contributed by atoms with E-state index in [0.717, 1.165) is 19.5 Å². The number of carbonyl (C=O) groups is 1. The van der Waals surface area contributed by atoms with Crippen LogP contribution in [0.1, 0.15) is 26.2 Å². The van der Waals surface area contributed by atoms with Gasteiger partial charge < -0.3 is 5.73 Å². The van der Waals surface area contributed by atoms with E-state index in [1.54, 1.807) is 0 Å². The summed E-state index contributed by atoms with van der Waals surface area (Å²) in [5.41, 5.74) is 5.82. The van der Waals surface area contributed by atoms with Gasteiger partial charge in [0.25, 0.3) is 0 Å². The lowest BCUT2D eigenvalue weighted by atomic mass is 10.0. The molecule has 0 aromatic heterocycles. The molecule has 0 aromatic rings. The summed E-state index contributed by atoms with van der Waals surface area (Å²) in [5, 5.41) is 0. The number of nitrogens with zero attached hydrogens (tertiary/aromatic N) is 1. The molecule has 1 aliphatic heterocycles. The van der Waals surface area contributed by atoms with Crippen LogP contribution in [0.4, 0.5) is 0 Å². The topological polar surface area (TPSA) is 46.3 Å². The molecule has 0 spiro atoms. The highest BCUT2D eigenvalue weighted by atomic mass is 16.1. The van der Waals surface area contributed by atoms with Crippen LogP contribution in [-0.2, 0) is 4.79 Å². The van der Waals surface area contributed by atoms with Gasteiger partial charge in [-0.25, -0.2) is 0 Å². The van der Waals surface area contributed by atoms with E-state index in [0.29, 0.717) is 5.57 Å². The van der Waals surface area contributed by atoms with Crippen molar-refractivity contribution in [3.63, 3.8) is 0 Å². The van der Waals surface area contributed by atoms with E-state index in [1.165, 1.54) is 12.8 Å². The molecular formula is C12H20N2O. The summed E-state index contributed by atoms with van der Waals surface area (Å²) in [6.07, 6.45) is 7.31. The van der Waals surface area contributed by atoms with Gasteiger partial charge in [0.05, 0.1) is 0 Å². The summed E-state index contributed by atoms with van der Waals surface area (Å²) in [6, 6.07) is 0.0983. The van der Waals surface area contributed by atoms with E-state index in [9.17, 15) is 4.79 Å². The molecule has 1 fully saturated rings. The van der Waals surface area contributed by atoms with Crippen molar-refractivity contribution >= 4 is 5.91 Å². The van der Waals surface area contributed by atoms with Crippen molar-refractivity contribution in [1.82, 2.24) is 4.90 Å². The first-order chi connectivity index (χ1) is 7.16. The van der Waals surface area contributed by atoms with E-state index < -0.39 is 0 Å². The fraction of sp³-hybridized carbons (Fsp3) is 0.583. The maximum Gasteiger partial charge on any atom is 0.245 e. The molecule has 1 amide bonds. The number of hydrogen-bond acceptors (Lipinski definition) is 2. The Kier molecular flexibility index (Phi) is 4.56. The minimum atomic E-state index is -0.378. The highest BCUT2D eigenvalue weighted by Crippen LogP contribution is 2.19. The Morgan fingerprint density at radius 2 is 2.13 bits per heavy atom. The predicted molar refractivity (Wildman–Crippen MR) is 62.4 cm³/mol. The number of nitrogens with two attached hydrogens (primary N) is 1. The number of amides is 1. The fourth-order valence-electron chi connectivity index (χ4n) is 1.99. The Morgan fingerprint density at radius 1 is 1.53 bits per heavy atom. The molecule has 1 atom stereocenters. The van der Waals surface area contributed by atoms with Gasteiger partial charge in [0.1, 0.15) is 0 Å². The highest BCUT2D eigenvalue weighted by Gasteiger charge is 2.25. The monoisotopic (exact) mass is 208 g/mol. The maximum absolute atomic E-state index is 11.1. The number of hydrogen-bond donors (Lipinski definition) is 1. The SMILES string of the molecule is C=C(C(N)=O)C(C/C=C/C)N1CCCC1. The summed E-state index contributed by atoms with van der Waals surface area (Å²) in [7, 11) is 0. The van der Waals surface area contributed by atoms with Crippen molar-refractivity contribution in [3.05, 3.63) is 24.3 Å². The quantitative estimate of drug-likeness (QED) is 0.549. The molecule has 3 nitrogen and oxygen atoms in total. The minimum absolute atomic E-state index is 0.0983. The Morgan fingerprint density at radius 3 is 2.60 bits per heavy atom. The molecule has 1 rings (SSSR count). The summed E-state index contributed by atoms with van der Waals surface area (Å²) in [4.78, 5) is 13.4. The van der Waals surface area contributed by atoms with Crippen LogP contribution in [0.5, 0.6) is 0 Å². The molecule has 1 aliphatic rings. The molecule has 0 saturated carbocycles. The zero-order valence-corrected chi connectivity index (χ0v) is 9.41. The molecule has 1 unspecified atom stereocenters. The predicted octanol–water partition coefficient (Wildman–Crippen LogP) is 1.46. The number of rotatable bonds is 5. The van der Waals surface area contributed by atoms with Crippen LogP contribution in [0.15, 0.2) is 24.3 Å². The van der Waals surface area contributed by atoms with Gasteiger partial charge in [-0.3, -0.25) is 9.69 Å². The van der Waals surface area contributed by atoms with Gasteiger partial charge in [-0.15, -0.1) is 0 Å². The molecule has 0 radical (unpaired) electrons. The van der Waals surface area contributed by atoms with Gasteiger partial charge in [-0.05, 0) is 39.3 Å². The Bertz CT molecular complexity index is 265. The molecule has 0 aromatic carbocycles. The lowest BCUT2D eigenvalue weighted by Gasteiger charge is -2.26. The second-order valence-corrected chi connectivity index (χ2v) is 3.95. The Labute approximate surface area is 91.6 Å². The standard InChI is InChI=1S/C12H20N2O/c1-3-4-7-11(10(2)12(13)15)14-8-5-6-9-14/h3-4,11H,2,5-9H2,1H3,(H2,13,15)/b4-3+. The number of carbonyl (C=O) groups excluding carboxylic acids is 1. The van der Waals surface area contributed by atoms with Crippen molar-refractivity contribution in [3.8, 4) is 0 Å². The van der Waals surface area contributed by atoms with Crippen molar-refractivity contribution < 1.29 is 4.79 Å². The maximum atomic E-state index is 11.1. The molecule has 15 heavy (non-hydrogen) atoms. The first kappa shape index (κ1) is 12.0. The highest BCUT2D eigenvalue weighted by molar-refractivity contribution is 5.92. The molecule has 0 aliphatic carbocycles. The van der Waals surface area contributed by atoms with Crippen molar-refractivity contribution in [2.24, 2.45) is 5.73 Å². The van der Waals surface area contributed by atoms with Crippen molar-refractivity contribution in [2.45, 2.75) is 32.2 Å². The second kappa shape index (κ2) is 5.71. The largest absolute Gasteiger partial charge is 0.366 e. The Balaban J connectivity index is 2.67. The number of allylic oxidation sites excluding steroid dienone is 1. The first-order valence-corrected chi connectivity index (χ1v) is 5.50. The third-order valence-corrected chi connectivity index (χ3v) is 2.90. The van der Waals surface area contributed by atoms with E-state index in [4.69, 9.17) is 5.73 Å². The molecular weight excluding hydrogens is 188 g/mol. The lowest BCUT2D eigenvalue weighted by Crippen LogP contribution is -2.37. The zero-order valence-electron chi connectivity index (χ0n) is 9.41. The van der Waals surface area contributed by atoms with E-state index in [2.05, 4.69) is 17.6 Å². The van der Waals surface area contributed by atoms with Gasteiger partial charge in [0, 0.05) is 11.6 Å². The van der Waals surface area contributed by atoms with Crippen LogP contribution in [0.3, 0.4) is 0 Å². The molecule has 3 heteroatoms. The Hall–Kier alpha value is -1.09. The molecule has 2 N–H and O–H groups in total. The van der Waals surface area contributed by atoms with Crippen LogP contribution in [-0.4, -0.2) is 29.9 Å².